The van der Waals surface area contributed by atoms with Crippen LogP contribution in [0.2, 0.25) is 0 Å². The van der Waals surface area contributed by atoms with Crippen molar-refractivity contribution in [2.75, 3.05) is 34.0 Å². The minimum atomic E-state index is -0.208. The highest BCUT2D eigenvalue weighted by molar-refractivity contribution is 5.24. The molecular formula is C15H25FN2O2. The van der Waals surface area contributed by atoms with Crippen LogP contribution in [0.4, 0.5) is 4.39 Å². The molecule has 1 aromatic carbocycles. The highest BCUT2D eigenvalue weighted by Crippen LogP contribution is 2.14. The van der Waals surface area contributed by atoms with Gasteiger partial charge in [0.1, 0.15) is 5.82 Å². The van der Waals surface area contributed by atoms with E-state index in [0.717, 1.165) is 12.1 Å². The van der Waals surface area contributed by atoms with Crippen molar-refractivity contribution in [1.29, 1.82) is 0 Å². The van der Waals surface area contributed by atoms with Crippen LogP contribution in [-0.2, 0) is 22.6 Å². The van der Waals surface area contributed by atoms with Crippen molar-refractivity contribution in [3.05, 3.63) is 35.1 Å². The minimum Gasteiger partial charge on any atom is -0.383 e. The van der Waals surface area contributed by atoms with E-state index >= 15 is 0 Å². The van der Waals surface area contributed by atoms with E-state index in [4.69, 9.17) is 15.2 Å². The van der Waals surface area contributed by atoms with Gasteiger partial charge in [0.15, 0.2) is 0 Å². The van der Waals surface area contributed by atoms with Gasteiger partial charge in [-0.2, -0.15) is 0 Å². The number of benzene rings is 1. The highest BCUT2D eigenvalue weighted by Gasteiger charge is 2.16. The van der Waals surface area contributed by atoms with Gasteiger partial charge in [0, 0.05) is 45.5 Å². The van der Waals surface area contributed by atoms with Gasteiger partial charge in [0.25, 0.3) is 0 Å². The number of rotatable bonds is 9. The quantitative estimate of drug-likeness (QED) is 0.751. The standard InChI is InChI=1S/C15H25FN2O2/c1-12(11-20-3)18(6-7-19-2)10-14-5-4-13(9-17)8-15(14)16/h4-5,8,12H,6-7,9-11,17H2,1-3H3. The molecule has 0 bridgehead atoms. The van der Waals surface area contributed by atoms with Crippen LogP contribution in [0, 0.1) is 5.82 Å². The van der Waals surface area contributed by atoms with Crippen LogP contribution in [0.25, 0.3) is 0 Å². The van der Waals surface area contributed by atoms with Gasteiger partial charge in [-0.3, -0.25) is 4.90 Å². The van der Waals surface area contributed by atoms with Crippen molar-refractivity contribution in [3.8, 4) is 0 Å². The topological polar surface area (TPSA) is 47.7 Å². The molecule has 0 heterocycles. The smallest absolute Gasteiger partial charge is 0.128 e. The highest BCUT2D eigenvalue weighted by atomic mass is 19.1. The molecule has 4 nitrogen and oxygen atoms in total. The normalized spacial score (nSPS) is 12.9. The second kappa shape index (κ2) is 9.02. The lowest BCUT2D eigenvalue weighted by Crippen LogP contribution is -2.38. The van der Waals surface area contributed by atoms with Crippen molar-refractivity contribution >= 4 is 0 Å². The van der Waals surface area contributed by atoms with E-state index in [-0.39, 0.29) is 11.9 Å². The van der Waals surface area contributed by atoms with Gasteiger partial charge >= 0.3 is 0 Å². The Morgan fingerprint density at radius 2 is 2.05 bits per heavy atom. The average Bonchev–Trinajstić information content (AvgIpc) is 2.45. The first-order chi connectivity index (χ1) is 9.62. The van der Waals surface area contributed by atoms with Crippen LogP contribution in [0.1, 0.15) is 18.1 Å². The van der Waals surface area contributed by atoms with Crippen LogP contribution in [0.3, 0.4) is 0 Å². The van der Waals surface area contributed by atoms with E-state index in [1.54, 1.807) is 20.3 Å². The Morgan fingerprint density at radius 1 is 1.30 bits per heavy atom. The zero-order valence-electron chi connectivity index (χ0n) is 12.6. The van der Waals surface area contributed by atoms with Crippen molar-refractivity contribution in [2.45, 2.75) is 26.1 Å². The van der Waals surface area contributed by atoms with Crippen LogP contribution in [0.15, 0.2) is 18.2 Å². The first-order valence-corrected chi connectivity index (χ1v) is 6.81. The Bertz CT molecular complexity index is 401. The molecule has 0 fully saturated rings. The van der Waals surface area contributed by atoms with Crippen molar-refractivity contribution < 1.29 is 13.9 Å². The lowest BCUT2D eigenvalue weighted by molar-refractivity contribution is 0.0698. The molecule has 1 atom stereocenters. The molecule has 0 amide bonds. The fraction of sp³-hybridized carbons (Fsp3) is 0.600. The number of nitrogens with two attached hydrogens (primary N) is 1. The summed E-state index contributed by atoms with van der Waals surface area (Å²) in [6, 6.07) is 5.37. The Labute approximate surface area is 120 Å². The lowest BCUT2D eigenvalue weighted by atomic mass is 10.1. The maximum atomic E-state index is 14.0. The number of halogens is 1. The Hall–Kier alpha value is -1.01. The van der Waals surface area contributed by atoms with E-state index in [2.05, 4.69) is 11.8 Å². The Kier molecular flexibility index (Phi) is 7.69. The predicted molar refractivity (Wildman–Crippen MR) is 77.9 cm³/mol. The summed E-state index contributed by atoms with van der Waals surface area (Å²) in [5.74, 6) is -0.208. The molecule has 1 rings (SSSR count). The number of methoxy groups -OCH3 is 2. The molecule has 0 aliphatic heterocycles. The van der Waals surface area contributed by atoms with Gasteiger partial charge in [-0.1, -0.05) is 12.1 Å². The molecule has 2 N–H and O–H groups in total. The molecule has 0 aromatic heterocycles. The molecule has 5 heteroatoms. The zero-order valence-corrected chi connectivity index (χ0v) is 12.6. The molecule has 114 valence electrons. The Balaban J connectivity index is 2.77. The molecule has 0 aliphatic carbocycles. The van der Waals surface area contributed by atoms with Gasteiger partial charge < -0.3 is 15.2 Å². The maximum Gasteiger partial charge on any atom is 0.128 e. The Morgan fingerprint density at radius 3 is 2.60 bits per heavy atom. The van der Waals surface area contributed by atoms with E-state index in [9.17, 15) is 4.39 Å². The number of nitrogens with zero attached hydrogens (tertiary/aromatic N) is 1. The molecule has 0 saturated heterocycles. The van der Waals surface area contributed by atoms with Crippen molar-refractivity contribution in [1.82, 2.24) is 4.90 Å². The van der Waals surface area contributed by atoms with Gasteiger partial charge in [-0.25, -0.2) is 4.39 Å². The van der Waals surface area contributed by atoms with Gasteiger partial charge in [-0.05, 0) is 18.6 Å². The van der Waals surface area contributed by atoms with Gasteiger partial charge in [0.05, 0.1) is 13.2 Å². The molecular weight excluding hydrogens is 259 g/mol. The summed E-state index contributed by atoms with van der Waals surface area (Å²) in [4.78, 5) is 2.15. The largest absolute Gasteiger partial charge is 0.383 e. The van der Waals surface area contributed by atoms with Gasteiger partial charge in [-0.15, -0.1) is 0 Å². The average molecular weight is 284 g/mol. The third-order valence-electron chi connectivity index (χ3n) is 3.34. The SMILES string of the molecule is COCCN(Cc1ccc(CN)cc1F)C(C)COC. The fourth-order valence-electron chi connectivity index (χ4n) is 2.08. The molecule has 1 unspecified atom stereocenters. The second-order valence-corrected chi connectivity index (χ2v) is 4.90. The van der Waals surface area contributed by atoms with Crippen LogP contribution in [0.5, 0.6) is 0 Å². The summed E-state index contributed by atoms with van der Waals surface area (Å²) in [5.41, 5.74) is 6.99. The molecule has 0 aliphatic rings. The maximum absolute atomic E-state index is 14.0. The summed E-state index contributed by atoms with van der Waals surface area (Å²) in [5, 5.41) is 0. The number of hydrogen-bond acceptors (Lipinski definition) is 4. The first-order valence-electron chi connectivity index (χ1n) is 6.81. The van der Waals surface area contributed by atoms with Gasteiger partial charge in [0.2, 0.25) is 0 Å². The van der Waals surface area contributed by atoms with Crippen molar-refractivity contribution in [2.24, 2.45) is 5.73 Å². The molecule has 20 heavy (non-hydrogen) atoms. The summed E-state index contributed by atoms with van der Waals surface area (Å²) in [7, 11) is 3.33. The summed E-state index contributed by atoms with van der Waals surface area (Å²) in [6.07, 6.45) is 0. The monoisotopic (exact) mass is 284 g/mol. The van der Waals surface area contributed by atoms with E-state index < -0.39 is 0 Å². The summed E-state index contributed by atoms with van der Waals surface area (Å²) < 4.78 is 24.3. The van der Waals surface area contributed by atoms with E-state index in [1.165, 1.54) is 6.07 Å². The molecule has 0 spiro atoms. The molecule has 0 saturated carbocycles. The minimum absolute atomic E-state index is 0.198. The van der Waals surface area contributed by atoms with E-state index in [1.807, 2.05) is 6.07 Å². The van der Waals surface area contributed by atoms with Crippen LogP contribution < -0.4 is 5.73 Å². The fourth-order valence-corrected chi connectivity index (χ4v) is 2.08. The van der Waals surface area contributed by atoms with Crippen LogP contribution >= 0.6 is 0 Å². The summed E-state index contributed by atoms with van der Waals surface area (Å²) >= 11 is 0. The second-order valence-electron chi connectivity index (χ2n) is 4.90. The third kappa shape index (κ3) is 5.17. The lowest BCUT2D eigenvalue weighted by Gasteiger charge is -2.28. The summed E-state index contributed by atoms with van der Waals surface area (Å²) in [6.45, 7) is 4.89. The number of ether oxygens (including phenoxy) is 2. The van der Waals surface area contributed by atoms with Crippen molar-refractivity contribution in [3.63, 3.8) is 0 Å². The number of hydrogen-bond donors (Lipinski definition) is 1. The first kappa shape index (κ1) is 17.0. The van der Waals surface area contributed by atoms with E-state index in [0.29, 0.717) is 31.9 Å². The predicted octanol–water partition coefficient (Wildman–Crippen LogP) is 1.77. The third-order valence-corrected chi connectivity index (χ3v) is 3.34. The molecule has 1 aromatic rings. The van der Waals surface area contributed by atoms with Crippen LogP contribution in [-0.4, -0.2) is 44.9 Å². The zero-order chi connectivity index (χ0) is 15.0. The molecule has 0 radical (unpaired) electrons.